The third-order valence-electron chi connectivity index (χ3n) is 5.27. The van der Waals surface area contributed by atoms with Crippen molar-refractivity contribution in [1.82, 2.24) is 4.57 Å². The number of benzene rings is 2. The van der Waals surface area contributed by atoms with E-state index >= 15 is 0 Å². The van der Waals surface area contributed by atoms with Crippen molar-refractivity contribution in [2.75, 3.05) is 11.9 Å². The van der Waals surface area contributed by atoms with Gasteiger partial charge in [-0.05, 0) is 41.3 Å². The first-order valence-electron chi connectivity index (χ1n) is 9.50. The molecule has 0 atom stereocenters. The van der Waals surface area contributed by atoms with E-state index in [0.29, 0.717) is 5.69 Å². The molecular weight excluding hydrogens is 384 g/mol. The number of carbonyl (C=O) groups is 2. The van der Waals surface area contributed by atoms with Crippen LogP contribution in [0.1, 0.15) is 22.7 Å². The lowest BCUT2D eigenvalue weighted by molar-refractivity contribution is -0.137. The van der Waals surface area contributed by atoms with E-state index in [1.807, 2.05) is 48.5 Å². The minimum atomic E-state index is -1.14. The Labute approximate surface area is 172 Å². The van der Waals surface area contributed by atoms with Gasteiger partial charge in [-0.1, -0.05) is 48.5 Å². The van der Waals surface area contributed by atoms with Crippen LogP contribution in [0.5, 0.6) is 0 Å². The average Bonchev–Trinajstić information content (AvgIpc) is 3.05. The van der Waals surface area contributed by atoms with Crippen molar-refractivity contribution in [2.24, 2.45) is 0 Å². The quantitative estimate of drug-likeness (QED) is 0.677. The van der Waals surface area contributed by atoms with Crippen molar-refractivity contribution >= 4 is 17.7 Å². The van der Waals surface area contributed by atoms with Crippen LogP contribution in [0.3, 0.4) is 0 Å². The molecule has 0 radical (unpaired) electrons. The number of ether oxygens (including phenoxy) is 1. The summed E-state index contributed by atoms with van der Waals surface area (Å²) in [6.07, 6.45) is -0.764. The van der Waals surface area contributed by atoms with E-state index in [2.05, 4.69) is 5.32 Å². The molecule has 4 rings (SSSR count). The van der Waals surface area contributed by atoms with E-state index in [0.717, 1.165) is 26.8 Å². The lowest BCUT2D eigenvalue weighted by Crippen LogP contribution is -2.30. The van der Waals surface area contributed by atoms with E-state index < -0.39 is 24.2 Å². The third kappa shape index (κ3) is 3.57. The highest BCUT2D eigenvalue weighted by Crippen LogP contribution is 2.44. The van der Waals surface area contributed by atoms with Crippen LogP contribution in [0.15, 0.2) is 65.5 Å². The summed E-state index contributed by atoms with van der Waals surface area (Å²) < 4.78 is 6.52. The van der Waals surface area contributed by atoms with Crippen LogP contribution in [-0.2, 0) is 16.1 Å². The fraction of sp³-hybridized carbons (Fsp3) is 0.174. The molecule has 1 aromatic heterocycles. The zero-order valence-corrected chi connectivity index (χ0v) is 16.3. The SMILES string of the molecule is Cc1ccc(NC(=O)OCC2c3ccccc3-c3ccccc32)c(=O)n1CC(=O)O. The minimum absolute atomic E-state index is 0.0286. The van der Waals surface area contributed by atoms with Crippen LogP contribution < -0.4 is 10.9 Å². The Morgan fingerprint density at radius 3 is 2.20 bits per heavy atom. The number of carboxylic acids is 1. The van der Waals surface area contributed by atoms with Gasteiger partial charge in [0.05, 0.1) is 0 Å². The fourth-order valence-corrected chi connectivity index (χ4v) is 3.84. The number of aryl methyl sites for hydroxylation is 1. The van der Waals surface area contributed by atoms with Gasteiger partial charge in [-0.25, -0.2) is 4.79 Å². The molecule has 1 aliphatic carbocycles. The summed E-state index contributed by atoms with van der Waals surface area (Å²) in [5.74, 6) is -1.23. The van der Waals surface area contributed by atoms with Gasteiger partial charge < -0.3 is 9.84 Å². The minimum Gasteiger partial charge on any atom is -0.480 e. The summed E-state index contributed by atoms with van der Waals surface area (Å²) in [5.41, 5.74) is 4.29. The molecule has 0 spiro atoms. The Bertz CT molecular complexity index is 1150. The maximum Gasteiger partial charge on any atom is 0.411 e. The van der Waals surface area contributed by atoms with Gasteiger partial charge in [0.25, 0.3) is 5.56 Å². The van der Waals surface area contributed by atoms with Crippen molar-refractivity contribution < 1.29 is 19.4 Å². The molecule has 0 fully saturated rings. The Morgan fingerprint density at radius 2 is 1.60 bits per heavy atom. The molecule has 0 aliphatic heterocycles. The number of aliphatic carboxylic acids is 1. The van der Waals surface area contributed by atoms with E-state index in [4.69, 9.17) is 9.84 Å². The van der Waals surface area contributed by atoms with Crippen molar-refractivity contribution in [1.29, 1.82) is 0 Å². The molecule has 0 saturated heterocycles. The number of pyridine rings is 1. The number of carbonyl (C=O) groups excluding carboxylic acids is 1. The van der Waals surface area contributed by atoms with Gasteiger partial charge in [-0.2, -0.15) is 0 Å². The highest BCUT2D eigenvalue weighted by Gasteiger charge is 2.29. The van der Waals surface area contributed by atoms with Crippen molar-refractivity contribution in [3.8, 4) is 11.1 Å². The van der Waals surface area contributed by atoms with Gasteiger partial charge in [0.1, 0.15) is 18.8 Å². The third-order valence-corrected chi connectivity index (χ3v) is 5.27. The summed E-state index contributed by atoms with van der Waals surface area (Å²) in [6, 6.07) is 19.0. The number of rotatable bonds is 5. The highest BCUT2D eigenvalue weighted by atomic mass is 16.5. The number of hydrogen-bond donors (Lipinski definition) is 2. The second kappa shape index (κ2) is 7.87. The molecule has 30 heavy (non-hydrogen) atoms. The van der Waals surface area contributed by atoms with E-state index in [9.17, 15) is 14.4 Å². The highest BCUT2D eigenvalue weighted by molar-refractivity contribution is 5.85. The summed E-state index contributed by atoms with van der Waals surface area (Å²) in [4.78, 5) is 35.8. The monoisotopic (exact) mass is 404 g/mol. The Hall–Kier alpha value is -3.87. The summed E-state index contributed by atoms with van der Waals surface area (Å²) in [5, 5.41) is 11.4. The van der Waals surface area contributed by atoms with Crippen LogP contribution in [0, 0.1) is 6.92 Å². The van der Waals surface area contributed by atoms with Gasteiger partial charge in [-0.3, -0.25) is 19.5 Å². The lowest BCUT2D eigenvalue weighted by Gasteiger charge is -2.15. The van der Waals surface area contributed by atoms with Gasteiger partial charge in [0.15, 0.2) is 0 Å². The Morgan fingerprint density at radius 1 is 1.00 bits per heavy atom. The van der Waals surface area contributed by atoms with Gasteiger partial charge >= 0.3 is 12.1 Å². The molecule has 7 nitrogen and oxygen atoms in total. The fourth-order valence-electron chi connectivity index (χ4n) is 3.84. The number of fused-ring (bicyclic) bond motifs is 3. The second-order valence-electron chi connectivity index (χ2n) is 7.12. The van der Waals surface area contributed by atoms with E-state index in [1.165, 1.54) is 6.07 Å². The standard InChI is InChI=1S/C23H20N2O5/c1-14-10-11-20(22(28)25(14)12-21(26)27)24-23(29)30-13-19-17-8-4-2-6-15(17)16-7-3-5-9-18(16)19/h2-11,19H,12-13H2,1H3,(H,24,29)(H,26,27). The molecule has 1 heterocycles. The number of aromatic nitrogens is 1. The first kappa shape index (κ1) is 19.4. The Balaban J connectivity index is 1.50. The van der Waals surface area contributed by atoms with Crippen molar-refractivity contribution in [3.63, 3.8) is 0 Å². The van der Waals surface area contributed by atoms with Gasteiger partial charge in [0.2, 0.25) is 0 Å². The topological polar surface area (TPSA) is 97.6 Å². The van der Waals surface area contributed by atoms with Crippen LogP contribution in [0.25, 0.3) is 11.1 Å². The first-order chi connectivity index (χ1) is 14.5. The normalized spacial score (nSPS) is 12.2. The Kier molecular flexibility index (Phi) is 5.10. The predicted molar refractivity (Wildman–Crippen MR) is 112 cm³/mol. The molecule has 1 amide bonds. The largest absolute Gasteiger partial charge is 0.480 e. The molecule has 7 heteroatoms. The first-order valence-corrected chi connectivity index (χ1v) is 9.50. The molecule has 1 aliphatic rings. The number of hydrogen-bond acceptors (Lipinski definition) is 4. The predicted octanol–water partition coefficient (Wildman–Crippen LogP) is 3.60. The zero-order valence-electron chi connectivity index (χ0n) is 16.3. The summed E-state index contributed by atoms with van der Waals surface area (Å²) in [6.45, 7) is 1.27. The number of anilines is 1. The molecule has 152 valence electrons. The molecule has 0 bridgehead atoms. The van der Waals surface area contributed by atoms with Crippen LogP contribution in [-0.4, -0.2) is 28.3 Å². The van der Waals surface area contributed by atoms with E-state index in [-0.39, 0.29) is 18.2 Å². The average molecular weight is 404 g/mol. The number of nitrogens with one attached hydrogen (secondary N) is 1. The van der Waals surface area contributed by atoms with Crippen molar-refractivity contribution in [3.05, 3.63) is 87.8 Å². The molecular formula is C23H20N2O5. The summed E-state index contributed by atoms with van der Waals surface area (Å²) in [7, 11) is 0. The van der Waals surface area contributed by atoms with Crippen LogP contribution in [0.2, 0.25) is 0 Å². The van der Waals surface area contributed by atoms with Gasteiger partial charge in [-0.15, -0.1) is 0 Å². The molecule has 2 N–H and O–H groups in total. The molecule has 3 aromatic rings. The van der Waals surface area contributed by atoms with E-state index in [1.54, 1.807) is 13.0 Å². The number of amides is 1. The second-order valence-corrected chi connectivity index (χ2v) is 7.12. The van der Waals surface area contributed by atoms with Crippen LogP contribution >= 0.6 is 0 Å². The maximum absolute atomic E-state index is 12.5. The van der Waals surface area contributed by atoms with Crippen LogP contribution in [0.4, 0.5) is 10.5 Å². The lowest BCUT2D eigenvalue weighted by atomic mass is 9.98. The number of nitrogens with zero attached hydrogens (tertiary/aromatic N) is 1. The maximum atomic E-state index is 12.5. The van der Waals surface area contributed by atoms with Crippen molar-refractivity contribution in [2.45, 2.75) is 19.4 Å². The molecule has 2 aromatic carbocycles. The molecule has 0 unspecified atom stereocenters. The molecule has 0 saturated carbocycles. The van der Waals surface area contributed by atoms with Gasteiger partial charge in [0, 0.05) is 11.6 Å². The smallest absolute Gasteiger partial charge is 0.411 e. The summed E-state index contributed by atoms with van der Waals surface area (Å²) >= 11 is 0. The zero-order chi connectivity index (χ0) is 21.3. The number of carboxylic acid groups (broad SMARTS) is 1.